The number of methoxy groups -OCH3 is 1. The van der Waals surface area contributed by atoms with E-state index in [0.717, 1.165) is 58.7 Å². The zero-order chi connectivity index (χ0) is 12.6. The van der Waals surface area contributed by atoms with E-state index in [1.807, 2.05) is 0 Å². The number of rotatable bonds is 2. The molecule has 4 fully saturated rings. The fourth-order valence-corrected chi connectivity index (χ4v) is 4.00. The molecule has 0 aromatic heterocycles. The number of ether oxygens (including phenoxy) is 1. The van der Waals surface area contributed by atoms with E-state index in [2.05, 4.69) is 15.1 Å². The lowest BCUT2D eigenvalue weighted by atomic mass is 9.71. The monoisotopic (exact) mass is 253 g/mol. The number of carbonyl (C=O) groups excluding carboxylic acids is 1. The topological polar surface area (TPSA) is 44.8 Å². The summed E-state index contributed by atoms with van der Waals surface area (Å²) in [7, 11) is 1.53. The number of piperazine rings is 1. The highest BCUT2D eigenvalue weighted by Crippen LogP contribution is 2.40. The number of carbonyl (C=O) groups is 1. The molecule has 5 heteroatoms. The third-order valence-corrected chi connectivity index (χ3v) is 4.95. The predicted octanol–water partition coefficient (Wildman–Crippen LogP) is -0.471. The van der Waals surface area contributed by atoms with E-state index in [4.69, 9.17) is 4.74 Å². The Morgan fingerprint density at radius 2 is 1.89 bits per heavy atom. The van der Waals surface area contributed by atoms with Crippen molar-refractivity contribution in [3.63, 3.8) is 0 Å². The second-order valence-electron chi connectivity index (χ2n) is 5.70. The first-order chi connectivity index (χ1) is 8.77. The minimum atomic E-state index is -0.368. The standard InChI is InChI=1S/C13H23N3O2/c1-18-12(17)13(16-8-4-14-5-9-16)10-15-6-2-11(13)3-7-15/h11,14H,2-10H2,1H3. The van der Waals surface area contributed by atoms with Crippen LogP contribution in [-0.4, -0.2) is 74.2 Å². The van der Waals surface area contributed by atoms with Crippen LogP contribution in [0.3, 0.4) is 0 Å². The molecule has 4 heterocycles. The maximum Gasteiger partial charge on any atom is 0.327 e. The van der Waals surface area contributed by atoms with Crippen molar-refractivity contribution in [2.75, 3.05) is 52.9 Å². The molecule has 4 aliphatic rings. The van der Waals surface area contributed by atoms with E-state index in [1.54, 1.807) is 0 Å². The number of hydrogen-bond acceptors (Lipinski definition) is 5. The Hall–Kier alpha value is -0.650. The SMILES string of the molecule is COC(=O)C1(N2CCNCC2)CN2CCC1CC2. The van der Waals surface area contributed by atoms with Gasteiger partial charge in [0, 0.05) is 32.7 Å². The Morgan fingerprint density at radius 1 is 1.22 bits per heavy atom. The Kier molecular flexibility index (Phi) is 3.30. The predicted molar refractivity (Wildman–Crippen MR) is 68.4 cm³/mol. The summed E-state index contributed by atoms with van der Waals surface area (Å²) in [6, 6.07) is 0. The summed E-state index contributed by atoms with van der Waals surface area (Å²) in [6.45, 7) is 7.03. The molecule has 0 amide bonds. The first kappa shape index (κ1) is 12.4. The van der Waals surface area contributed by atoms with Gasteiger partial charge in [0.25, 0.3) is 0 Å². The molecule has 4 rings (SSSR count). The molecule has 2 bridgehead atoms. The molecular formula is C13H23N3O2. The highest BCUT2D eigenvalue weighted by molar-refractivity contribution is 5.82. The van der Waals surface area contributed by atoms with Crippen molar-refractivity contribution in [2.24, 2.45) is 5.92 Å². The summed E-state index contributed by atoms with van der Waals surface area (Å²) in [6.07, 6.45) is 2.28. The maximum absolute atomic E-state index is 12.5. The number of fused-ring (bicyclic) bond motifs is 3. The van der Waals surface area contributed by atoms with E-state index in [1.165, 1.54) is 7.11 Å². The molecule has 0 radical (unpaired) electrons. The quantitative estimate of drug-likeness (QED) is 0.674. The van der Waals surface area contributed by atoms with Gasteiger partial charge in [-0.15, -0.1) is 0 Å². The first-order valence-electron chi connectivity index (χ1n) is 7.04. The summed E-state index contributed by atoms with van der Waals surface area (Å²) in [5.74, 6) is 0.465. The van der Waals surface area contributed by atoms with Gasteiger partial charge < -0.3 is 15.0 Å². The fourth-order valence-electron chi connectivity index (χ4n) is 4.00. The van der Waals surface area contributed by atoms with Gasteiger partial charge in [-0.3, -0.25) is 4.90 Å². The lowest BCUT2D eigenvalue weighted by Crippen LogP contribution is -2.73. The van der Waals surface area contributed by atoms with Gasteiger partial charge in [-0.25, -0.2) is 4.79 Å². The molecule has 0 aromatic carbocycles. The molecule has 4 saturated heterocycles. The Morgan fingerprint density at radius 3 is 2.39 bits per heavy atom. The van der Waals surface area contributed by atoms with Gasteiger partial charge >= 0.3 is 5.97 Å². The van der Waals surface area contributed by atoms with Crippen molar-refractivity contribution in [1.29, 1.82) is 0 Å². The summed E-state index contributed by atoms with van der Waals surface area (Å²) < 4.78 is 5.17. The summed E-state index contributed by atoms with van der Waals surface area (Å²) in [5.41, 5.74) is -0.368. The second kappa shape index (κ2) is 4.79. The van der Waals surface area contributed by atoms with Crippen molar-refractivity contribution in [2.45, 2.75) is 18.4 Å². The lowest BCUT2D eigenvalue weighted by molar-refractivity contribution is -0.172. The van der Waals surface area contributed by atoms with Crippen LogP contribution in [0.1, 0.15) is 12.8 Å². The third-order valence-electron chi connectivity index (χ3n) is 4.95. The molecule has 18 heavy (non-hydrogen) atoms. The molecule has 0 spiro atoms. The highest BCUT2D eigenvalue weighted by Gasteiger charge is 2.56. The third kappa shape index (κ3) is 1.76. The number of nitrogens with one attached hydrogen (secondary N) is 1. The van der Waals surface area contributed by atoms with Gasteiger partial charge in [-0.1, -0.05) is 0 Å². The molecular weight excluding hydrogens is 230 g/mol. The largest absolute Gasteiger partial charge is 0.468 e. The van der Waals surface area contributed by atoms with Gasteiger partial charge in [0.2, 0.25) is 0 Å². The summed E-state index contributed by atoms with van der Waals surface area (Å²) >= 11 is 0. The van der Waals surface area contributed by atoms with E-state index < -0.39 is 0 Å². The number of esters is 1. The average molecular weight is 253 g/mol. The van der Waals surface area contributed by atoms with E-state index in [-0.39, 0.29) is 11.5 Å². The van der Waals surface area contributed by atoms with Gasteiger partial charge in [0.1, 0.15) is 5.54 Å². The van der Waals surface area contributed by atoms with Crippen LogP contribution in [0.25, 0.3) is 0 Å². The Labute approximate surface area is 108 Å². The maximum atomic E-state index is 12.5. The van der Waals surface area contributed by atoms with E-state index >= 15 is 0 Å². The second-order valence-corrected chi connectivity index (χ2v) is 5.70. The van der Waals surface area contributed by atoms with E-state index in [9.17, 15) is 4.79 Å². The average Bonchev–Trinajstić information content (AvgIpc) is 2.48. The minimum absolute atomic E-state index is 0.0150. The molecule has 0 aromatic rings. The molecule has 102 valence electrons. The van der Waals surface area contributed by atoms with Gasteiger partial charge in [-0.2, -0.15) is 0 Å². The zero-order valence-corrected chi connectivity index (χ0v) is 11.2. The number of hydrogen-bond donors (Lipinski definition) is 1. The summed E-state index contributed by atoms with van der Waals surface area (Å²) in [5, 5.41) is 3.36. The highest BCUT2D eigenvalue weighted by atomic mass is 16.5. The van der Waals surface area contributed by atoms with Gasteiger partial charge in [0.05, 0.1) is 7.11 Å². The number of piperidine rings is 3. The molecule has 5 nitrogen and oxygen atoms in total. The molecule has 0 saturated carbocycles. The Balaban J connectivity index is 1.90. The van der Waals surface area contributed by atoms with E-state index in [0.29, 0.717) is 5.92 Å². The smallest absolute Gasteiger partial charge is 0.327 e. The molecule has 1 atom stereocenters. The van der Waals surface area contributed by atoms with Crippen molar-refractivity contribution >= 4 is 5.97 Å². The van der Waals surface area contributed by atoms with Crippen LogP contribution in [0.5, 0.6) is 0 Å². The molecule has 4 aliphatic heterocycles. The lowest BCUT2D eigenvalue weighted by Gasteiger charge is -2.56. The van der Waals surface area contributed by atoms with Crippen molar-refractivity contribution in [3.8, 4) is 0 Å². The van der Waals surface area contributed by atoms with Crippen LogP contribution < -0.4 is 5.32 Å². The minimum Gasteiger partial charge on any atom is -0.468 e. The van der Waals surface area contributed by atoms with Crippen LogP contribution >= 0.6 is 0 Å². The van der Waals surface area contributed by atoms with Gasteiger partial charge in [-0.05, 0) is 31.8 Å². The molecule has 1 unspecified atom stereocenters. The first-order valence-corrected chi connectivity index (χ1v) is 7.04. The zero-order valence-electron chi connectivity index (χ0n) is 11.2. The van der Waals surface area contributed by atoms with Crippen LogP contribution in [-0.2, 0) is 9.53 Å². The van der Waals surface area contributed by atoms with Crippen LogP contribution in [0.4, 0.5) is 0 Å². The fraction of sp³-hybridized carbons (Fsp3) is 0.923. The van der Waals surface area contributed by atoms with Crippen molar-refractivity contribution in [3.05, 3.63) is 0 Å². The van der Waals surface area contributed by atoms with Crippen LogP contribution in [0.15, 0.2) is 0 Å². The number of nitrogens with zero attached hydrogens (tertiary/aromatic N) is 2. The van der Waals surface area contributed by atoms with Crippen LogP contribution in [0.2, 0.25) is 0 Å². The molecule has 1 N–H and O–H groups in total. The normalized spacial score (nSPS) is 40.7. The van der Waals surface area contributed by atoms with Crippen molar-refractivity contribution < 1.29 is 9.53 Å². The van der Waals surface area contributed by atoms with Gasteiger partial charge in [0.15, 0.2) is 0 Å². The summed E-state index contributed by atoms with van der Waals surface area (Å²) in [4.78, 5) is 17.3. The Bertz CT molecular complexity index is 322. The molecule has 0 aliphatic carbocycles. The van der Waals surface area contributed by atoms with Crippen molar-refractivity contribution in [1.82, 2.24) is 15.1 Å². The van der Waals surface area contributed by atoms with Crippen LogP contribution in [0, 0.1) is 5.92 Å².